The van der Waals surface area contributed by atoms with Gasteiger partial charge in [-0.15, -0.1) is 11.6 Å². The number of rotatable bonds is 5. The molecule has 0 aromatic carbocycles. The van der Waals surface area contributed by atoms with E-state index in [1.54, 1.807) is 0 Å². The summed E-state index contributed by atoms with van der Waals surface area (Å²) in [5, 5.41) is 0. The molecule has 0 amide bonds. The molecule has 0 spiro atoms. The Balaban J connectivity index is 2.16. The summed E-state index contributed by atoms with van der Waals surface area (Å²) in [6, 6.07) is 6.84. The van der Waals surface area contributed by atoms with Crippen molar-refractivity contribution in [1.82, 2.24) is 4.98 Å². The van der Waals surface area contributed by atoms with E-state index in [9.17, 15) is 0 Å². The number of halogens is 1. The molecule has 1 heterocycles. The predicted molar refractivity (Wildman–Crippen MR) is 64.5 cm³/mol. The summed E-state index contributed by atoms with van der Waals surface area (Å²) in [4.78, 5) is 6.98. The molecule has 0 saturated heterocycles. The minimum absolute atomic E-state index is 0.498. The van der Waals surface area contributed by atoms with Crippen LogP contribution in [0.15, 0.2) is 18.2 Å². The summed E-state index contributed by atoms with van der Waals surface area (Å²) in [5.41, 5.74) is 0.968. The zero-order chi connectivity index (χ0) is 10.7. The Kier molecular flexibility index (Phi) is 3.47. The van der Waals surface area contributed by atoms with Crippen LogP contribution in [0, 0.1) is 0 Å². The van der Waals surface area contributed by atoms with Crippen LogP contribution in [-0.4, -0.2) is 17.6 Å². The second-order valence-corrected chi connectivity index (χ2v) is 4.31. The molecule has 1 saturated carbocycles. The van der Waals surface area contributed by atoms with E-state index in [0.29, 0.717) is 5.88 Å². The van der Waals surface area contributed by atoms with Gasteiger partial charge in [0.2, 0.25) is 0 Å². The molecule has 0 bridgehead atoms. The Morgan fingerprint density at radius 3 is 2.87 bits per heavy atom. The van der Waals surface area contributed by atoms with Crippen molar-refractivity contribution >= 4 is 17.4 Å². The molecular weight excluding hydrogens is 208 g/mol. The Labute approximate surface area is 96.3 Å². The van der Waals surface area contributed by atoms with Gasteiger partial charge < -0.3 is 4.90 Å². The fraction of sp³-hybridized carbons (Fsp3) is 0.583. The van der Waals surface area contributed by atoms with Gasteiger partial charge in [-0.2, -0.15) is 0 Å². The monoisotopic (exact) mass is 224 g/mol. The molecule has 0 atom stereocenters. The van der Waals surface area contributed by atoms with Crippen molar-refractivity contribution < 1.29 is 0 Å². The van der Waals surface area contributed by atoms with E-state index in [4.69, 9.17) is 11.6 Å². The first-order chi connectivity index (χ1) is 7.35. The molecule has 1 aromatic rings. The van der Waals surface area contributed by atoms with Crippen LogP contribution in [0.5, 0.6) is 0 Å². The minimum atomic E-state index is 0.498. The summed E-state index contributed by atoms with van der Waals surface area (Å²) in [5.74, 6) is 1.59. The van der Waals surface area contributed by atoms with Crippen LogP contribution in [0.25, 0.3) is 0 Å². The zero-order valence-corrected chi connectivity index (χ0v) is 9.87. The van der Waals surface area contributed by atoms with Gasteiger partial charge in [-0.1, -0.05) is 13.0 Å². The molecular formula is C12H17ClN2. The lowest BCUT2D eigenvalue weighted by molar-refractivity contribution is 0.748. The first-order valence-electron chi connectivity index (χ1n) is 5.63. The number of nitrogens with zero attached hydrogens (tertiary/aromatic N) is 2. The maximum absolute atomic E-state index is 5.79. The zero-order valence-electron chi connectivity index (χ0n) is 9.12. The third kappa shape index (κ3) is 2.63. The van der Waals surface area contributed by atoms with Crippen LogP contribution < -0.4 is 4.90 Å². The number of aromatic nitrogens is 1. The van der Waals surface area contributed by atoms with Gasteiger partial charge in [-0.3, -0.25) is 0 Å². The lowest BCUT2D eigenvalue weighted by Crippen LogP contribution is -2.27. The average Bonchev–Trinajstić information content (AvgIpc) is 3.10. The number of pyridine rings is 1. The fourth-order valence-corrected chi connectivity index (χ4v) is 1.96. The van der Waals surface area contributed by atoms with Crippen molar-refractivity contribution in [2.24, 2.45) is 0 Å². The van der Waals surface area contributed by atoms with Gasteiger partial charge in [0.1, 0.15) is 5.82 Å². The van der Waals surface area contributed by atoms with Crippen molar-refractivity contribution in [3.63, 3.8) is 0 Å². The highest BCUT2D eigenvalue weighted by atomic mass is 35.5. The molecule has 0 N–H and O–H groups in total. The highest BCUT2D eigenvalue weighted by molar-refractivity contribution is 6.16. The summed E-state index contributed by atoms with van der Waals surface area (Å²) in [6.07, 6.45) is 3.79. The van der Waals surface area contributed by atoms with Crippen LogP contribution in [0.4, 0.5) is 5.82 Å². The quantitative estimate of drug-likeness (QED) is 0.715. The normalized spacial score (nSPS) is 15.3. The molecule has 1 fully saturated rings. The standard InChI is InChI=1S/C12H17ClN2/c1-2-8-15(11-6-7-11)12-5-3-4-10(9-13)14-12/h3-5,11H,2,6-9H2,1H3. The first kappa shape index (κ1) is 10.7. The highest BCUT2D eigenvalue weighted by Gasteiger charge is 2.29. The number of anilines is 1. The molecule has 15 heavy (non-hydrogen) atoms. The van der Waals surface area contributed by atoms with Crippen LogP contribution in [0.1, 0.15) is 31.9 Å². The molecule has 1 aliphatic carbocycles. The SMILES string of the molecule is CCCN(c1cccc(CCl)n1)C1CC1. The maximum Gasteiger partial charge on any atom is 0.129 e. The number of hydrogen-bond donors (Lipinski definition) is 0. The first-order valence-corrected chi connectivity index (χ1v) is 6.17. The van der Waals surface area contributed by atoms with E-state index < -0.39 is 0 Å². The Morgan fingerprint density at radius 1 is 1.47 bits per heavy atom. The van der Waals surface area contributed by atoms with Gasteiger partial charge in [0.15, 0.2) is 0 Å². The molecule has 0 radical (unpaired) electrons. The predicted octanol–water partition coefficient (Wildman–Crippen LogP) is 3.20. The molecule has 2 rings (SSSR count). The van der Waals surface area contributed by atoms with Crippen molar-refractivity contribution in [3.05, 3.63) is 23.9 Å². The van der Waals surface area contributed by atoms with Crippen molar-refractivity contribution in [3.8, 4) is 0 Å². The summed E-state index contributed by atoms with van der Waals surface area (Å²) in [6.45, 7) is 3.31. The largest absolute Gasteiger partial charge is 0.354 e. The number of hydrogen-bond acceptors (Lipinski definition) is 2. The molecule has 2 nitrogen and oxygen atoms in total. The van der Waals surface area contributed by atoms with Crippen molar-refractivity contribution in [2.45, 2.75) is 38.1 Å². The summed E-state index contributed by atoms with van der Waals surface area (Å²) < 4.78 is 0. The van der Waals surface area contributed by atoms with Gasteiger partial charge in [0, 0.05) is 12.6 Å². The molecule has 0 aliphatic heterocycles. The van der Waals surface area contributed by atoms with E-state index in [1.165, 1.54) is 19.3 Å². The van der Waals surface area contributed by atoms with E-state index in [1.807, 2.05) is 12.1 Å². The summed E-state index contributed by atoms with van der Waals surface area (Å²) in [7, 11) is 0. The molecule has 82 valence electrons. The Bertz CT molecular complexity index is 323. The fourth-order valence-electron chi connectivity index (χ4n) is 1.81. The lowest BCUT2D eigenvalue weighted by atomic mass is 10.3. The van der Waals surface area contributed by atoms with Gasteiger partial charge in [0.05, 0.1) is 11.6 Å². The molecule has 1 aliphatic rings. The van der Waals surface area contributed by atoms with Gasteiger partial charge in [-0.25, -0.2) is 4.98 Å². The molecule has 3 heteroatoms. The highest BCUT2D eigenvalue weighted by Crippen LogP contribution is 2.30. The second-order valence-electron chi connectivity index (χ2n) is 4.05. The minimum Gasteiger partial charge on any atom is -0.354 e. The topological polar surface area (TPSA) is 16.1 Å². The Morgan fingerprint density at radius 2 is 2.27 bits per heavy atom. The average molecular weight is 225 g/mol. The Hall–Kier alpha value is -0.760. The second kappa shape index (κ2) is 4.84. The van der Waals surface area contributed by atoms with Gasteiger partial charge in [0.25, 0.3) is 0 Å². The third-order valence-corrected chi connectivity index (χ3v) is 2.95. The van der Waals surface area contributed by atoms with E-state index >= 15 is 0 Å². The van der Waals surface area contributed by atoms with Crippen LogP contribution >= 0.6 is 11.6 Å². The van der Waals surface area contributed by atoms with Crippen LogP contribution in [0.3, 0.4) is 0 Å². The van der Waals surface area contributed by atoms with Crippen LogP contribution in [-0.2, 0) is 5.88 Å². The molecule has 0 unspecified atom stereocenters. The van der Waals surface area contributed by atoms with E-state index in [-0.39, 0.29) is 0 Å². The van der Waals surface area contributed by atoms with Gasteiger partial charge in [-0.05, 0) is 31.4 Å². The third-order valence-electron chi connectivity index (χ3n) is 2.68. The number of alkyl halides is 1. The van der Waals surface area contributed by atoms with Crippen molar-refractivity contribution in [2.75, 3.05) is 11.4 Å². The van der Waals surface area contributed by atoms with E-state index in [2.05, 4.69) is 22.9 Å². The van der Waals surface area contributed by atoms with Crippen molar-refractivity contribution in [1.29, 1.82) is 0 Å². The van der Waals surface area contributed by atoms with Gasteiger partial charge >= 0.3 is 0 Å². The van der Waals surface area contributed by atoms with Crippen LogP contribution in [0.2, 0.25) is 0 Å². The summed E-state index contributed by atoms with van der Waals surface area (Å²) >= 11 is 5.79. The molecule has 1 aromatic heterocycles. The smallest absolute Gasteiger partial charge is 0.129 e. The van der Waals surface area contributed by atoms with E-state index in [0.717, 1.165) is 24.1 Å². The maximum atomic E-state index is 5.79. The lowest BCUT2D eigenvalue weighted by Gasteiger charge is -2.23.